The summed E-state index contributed by atoms with van der Waals surface area (Å²) in [6.45, 7) is 0.406. The van der Waals surface area contributed by atoms with Crippen LogP contribution in [0.2, 0.25) is 0 Å². The zero-order valence-corrected chi connectivity index (χ0v) is 15.8. The summed E-state index contributed by atoms with van der Waals surface area (Å²) in [6.07, 6.45) is 3.08. The minimum Gasteiger partial charge on any atom is -0.391 e. The van der Waals surface area contributed by atoms with Crippen LogP contribution in [0.25, 0.3) is 0 Å². The number of aliphatic hydroxyl groups excluding tert-OH is 1. The van der Waals surface area contributed by atoms with E-state index in [1.165, 1.54) is 0 Å². The van der Waals surface area contributed by atoms with Crippen molar-refractivity contribution >= 4 is 21.7 Å². The van der Waals surface area contributed by atoms with E-state index in [-0.39, 0.29) is 24.0 Å². The maximum atomic E-state index is 12.6. The second-order valence-electron chi connectivity index (χ2n) is 6.91. The number of rotatable bonds is 7. The third-order valence-corrected chi connectivity index (χ3v) is 5.50. The van der Waals surface area contributed by atoms with E-state index in [1.807, 2.05) is 0 Å². The van der Waals surface area contributed by atoms with Crippen LogP contribution in [-0.2, 0) is 26.0 Å². The Morgan fingerprint density at radius 3 is 2.77 bits per heavy atom. The standard InChI is InChI=1S/C16H26N4O5S/c1-20(10-12-5-7-17-19-12)16(23)11-3-4-14(21)13(9-11)18-15(22)6-8-26(2,24)25/h5,7,11,13-14,21H,3-4,6,8-10H2,1-2H3,(H,17,19)(H,18,22)/t11-,13+,14+/m0/s1. The molecule has 146 valence electrons. The van der Waals surface area contributed by atoms with Gasteiger partial charge in [0.2, 0.25) is 11.8 Å². The quantitative estimate of drug-likeness (QED) is 0.576. The van der Waals surface area contributed by atoms with Gasteiger partial charge in [0.15, 0.2) is 0 Å². The summed E-state index contributed by atoms with van der Waals surface area (Å²) in [5.74, 6) is -1.02. The molecule has 0 aliphatic heterocycles. The molecule has 0 bridgehead atoms. The van der Waals surface area contributed by atoms with Gasteiger partial charge in [0.1, 0.15) is 9.84 Å². The molecule has 0 unspecified atom stereocenters. The lowest BCUT2D eigenvalue weighted by molar-refractivity contribution is -0.137. The van der Waals surface area contributed by atoms with E-state index < -0.39 is 27.9 Å². The third-order valence-electron chi connectivity index (χ3n) is 4.55. The molecule has 26 heavy (non-hydrogen) atoms. The molecule has 3 atom stereocenters. The SMILES string of the molecule is CN(Cc1ccn[nH]1)C(=O)[C@H]1CC[C@@H](O)[C@H](NC(=O)CCS(C)(=O)=O)C1. The summed E-state index contributed by atoms with van der Waals surface area (Å²) >= 11 is 0. The fraction of sp³-hybridized carbons (Fsp3) is 0.688. The fourth-order valence-corrected chi connectivity index (χ4v) is 3.67. The maximum Gasteiger partial charge on any atom is 0.225 e. The summed E-state index contributed by atoms with van der Waals surface area (Å²) in [6, 6.07) is 1.24. The molecule has 0 saturated heterocycles. The van der Waals surface area contributed by atoms with Crippen LogP contribution in [-0.4, -0.2) is 71.6 Å². The van der Waals surface area contributed by atoms with Gasteiger partial charge in [-0.15, -0.1) is 0 Å². The highest BCUT2D eigenvalue weighted by molar-refractivity contribution is 7.90. The van der Waals surface area contributed by atoms with Gasteiger partial charge in [0, 0.05) is 31.8 Å². The highest BCUT2D eigenvalue weighted by atomic mass is 32.2. The largest absolute Gasteiger partial charge is 0.391 e. The minimum absolute atomic E-state index is 0.0538. The normalized spacial score (nSPS) is 23.4. The Morgan fingerprint density at radius 2 is 2.15 bits per heavy atom. The number of amides is 2. The molecule has 2 amide bonds. The van der Waals surface area contributed by atoms with E-state index in [9.17, 15) is 23.1 Å². The maximum absolute atomic E-state index is 12.6. The molecular weight excluding hydrogens is 360 g/mol. The molecule has 1 aliphatic rings. The van der Waals surface area contributed by atoms with E-state index >= 15 is 0 Å². The van der Waals surface area contributed by atoms with E-state index in [2.05, 4.69) is 15.5 Å². The number of sulfone groups is 1. The molecule has 2 rings (SSSR count). The zero-order valence-electron chi connectivity index (χ0n) is 15.0. The third kappa shape index (κ3) is 6.10. The van der Waals surface area contributed by atoms with Crippen LogP contribution in [0, 0.1) is 5.92 Å². The second kappa shape index (κ2) is 8.63. The first-order valence-corrected chi connectivity index (χ1v) is 10.6. The topological polar surface area (TPSA) is 132 Å². The Balaban J connectivity index is 1.89. The van der Waals surface area contributed by atoms with E-state index in [0.29, 0.717) is 25.8 Å². The number of nitrogens with zero attached hydrogens (tertiary/aromatic N) is 2. The Morgan fingerprint density at radius 1 is 1.42 bits per heavy atom. The van der Waals surface area contributed by atoms with Crippen LogP contribution in [0.4, 0.5) is 0 Å². The summed E-state index contributed by atoms with van der Waals surface area (Å²) in [5, 5.41) is 19.4. The number of nitrogens with one attached hydrogen (secondary N) is 2. The molecule has 3 N–H and O–H groups in total. The highest BCUT2D eigenvalue weighted by Crippen LogP contribution is 2.26. The zero-order chi connectivity index (χ0) is 19.3. The molecule has 0 radical (unpaired) electrons. The van der Waals surface area contributed by atoms with Crippen LogP contribution < -0.4 is 5.32 Å². The smallest absolute Gasteiger partial charge is 0.225 e. The average molecular weight is 386 g/mol. The molecule has 9 nitrogen and oxygen atoms in total. The molecule has 10 heteroatoms. The lowest BCUT2D eigenvalue weighted by atomic mass is 9.83. The number of carbonyl (C=O) groups is 2. The molecule has 0 aromatic carbocycles. The van der Waals surface area contributed by atoms with Gasteiger partial charge in [0.05, 0.1) is 30.1 Å². The van der Waals surface area contributed by atoms with Crippen molar-refractivity contribution in [2.75, 3.05) is 19.1 Å². The van der Waals surface area contributed by atoms with Gasteiger partial charge in [-0.25, -0.2) is 8.42 Å². The average Bonchev–Trinajstić information content (AvgIpc) is 3.06. The summed E-state index contributed by atoms with van der Waals surface area (Å²) in [7, 11) is -1.52. The fourth-order valence-electron chi connectivity index (χ4n) is 3.11. The van der Waals surface area contributed by atoms with Gasteiger partial charge in [-0.3, -0.25) is 14.7 Å². The molecular formula is C16H26N4O5S. The van der Waals surface area contributed by atoms with Crippen molar-refractivity contribution in [3.05, 3.63) is 18.0 Å². The summed E-state index contributed by atoms with van der Waals surface area (Å²) in [5.41, 5.74) is 0.822. The van der Waals surface area contributed by atoms with Gasteiger partial charge in [-0.05, 0) is 25.3 Å². The van der Waals surface area contributed by atoms with Crippen LogP contribution in [0.5, 0.6) is 0 Å². The summed E-state index contributed by atoms with van der Waals surface area (Å²) < 4.78 is 22.3. The molecule has 1 saturated carbocycles. The van der Waals surface area contributed by atoms with Gasteiger partial charge in [-0.1, -0.05) is 0 Å². The molecule has 0 spiro atoms. The predicted octanol–water partition coefficient (Wildman–Crippen LogP) is -0.551. The number of carbonyl (C=O) groups excluding carboxylic acids is 2. The van der Waals surface area contributed by atoms with Crippen molar-refractivity contribution in [2.24, 2.45) is 5.92 Å². The first-order valence-electron chi connectivity index (χ1n) is 8.54. The van der Waals surface area contributed by atoms with Crippen molar-refractivity contribution in [3.8, 4) is 0 Å². The van der Waals surface area contributed by atoms with E-state index in [4.69, 9.17) is 0 Å². The molecule has 1 aromatic rings. The van der Waals surface area contributed by atoms with Crippen LogP contribution in [0.3, 0.4) is 0 Å². The van der Waals surface area contributed by atoms with Gasteiger partial charge < -0.3 is 15.3 Å². The van der Waals surface area contributed by atoms with Crippen LogP contribution in [0.15, 0.2) is 12.3 Å². The Bertz CT molecular complexity index is 719. The van der Waals surface area contributed by atoms with Crippen molar-refractivity contribution in [3.63, 3.8) is 0 Å². The number of H-pyrrole nitrogens is 1. The Labute approximate surface area is 153 Å². The monoisotopic (exact) mass is 386 g/mol. The lowest BCUT2D eigenvalue weighted by Gasteiger charge is -2.34. The number of aromatic amines is 1. The van der Waals surface area contributed by atoms with Gasteiger partial charge in [-0.2, -0.15) is 5.10 Å². The molecule has 1 heterocycles. The van der Waals surface area contributed by atoms with Gasteiger partial charge >= 0.3 is 0 Å². The number of aromatic nitrogens is 2. The highest BCUT2D eigenvalue weighted by Gasteiger charge is 2.35. The van der Waals surface area contributed by atoms with Crippen molar-refractivity contribution in [1.82, 2.24) is 20.4 Å². The first kappa shape index (κ1) is 20.4. The Hall–Kier alpha value is -1.94. The molecule has 1 aliphatic carbocycles. The number of hydrogen-bond acceptors (Lipinski definition) is 6. The lowest BCUT2D eigenvalue weighted by Crippen LogP contribution is -2.49. The Kier molecular flexibility index (Phi) is 6.76. The van der Waals surface area contributed by atoms with Crippen molar-refractivity contribution in [1.29, 1.82) is 0 Å². The van der Waals surface area contributed by atoms with Crippen molar-refractivity contribution in [2.45, 2.75) is 44.4 Å². The van der Waals surface area contributed by atoms with Crippen LogP contribution >= 0.6 is 0 Å². The predicted molar refractivity (Wildman–Crippen MR) is 94.7 cm³/mol. The first-order chi connectivity index (χ1) is 12.2. The summed E-state index contributed by atoms with van der Waals surface area (Å²) in [4.78, 5) is 26.2. The van der Waals surface area contributed by atoms with Crippen molar-refractivity contribution < 1.29 is 23.1 Å². The van der Waals surface area contributed by atoms with E-state index in [0.717, 1.165) is 11.9 Å². The minimum atomic E-state index is -3.23. The van der Waals surface area contributed by atoms with E-state index in [1.54, 1.807) is 24.2 Å². The number of hydrogen-bond donors (Lipinski definition) is 3. The second-order valence-corrected chi connectivity index (χ2v) is 9.17. The number of aliphatic hydroxyl groups is 1. The van der Waals surface area contributed by atoms with Crippen LogP contribution in [0.1, 0.15) is 31.4 Å². The molecule has 1 aromatic heterocycles. The van der Waals surface area contributed by atoms with Gasteiger partial charge in [0.25, 0.3) is 0 Å². The molecule has 1 fully saturated rings.